The summed E-state index contributed by atoms with van der Waals surface area (Å²) in [4.78, 5) is 14.4. The molecule has 0 radical (unpaired) electrons. The molecule has 0 spiro atoms. The van der Waals surface area contributed by atoms with Gasteiger partial charge in [-0.1, -0.05) is 32.0 Å². The van der Waals surface area contributed by atoms with Crippen molar-refractivity contribution in [2.75, 3.05) is 4.90 Å². The lowest BCUT2D eigenvalue weighted by molar-refractivity contribution is -0.121. The largest absolute Gasteiger partial charge is 0.320 e. The van der Waals surface area contributed by atoms with Crippen molar-refractivity contribution in [2.24, 2.45) is 11.7 Å². The number of hydrogen-bond donors (Lipinski definition) is 1. The highest BCUT2D eigenvalue weighted by atomic mass is 16.2. The molecule has 2 rings (SSSR count). The van der Waals surface area contributed by atoms with E-state index in [2.05, 4.69) is 13.0 Å². The SMILES string of the molecule is CC(C)[C@H](N)C(=O)N1c2ccccc2CCC1C. The molecule has 0 saturated heterocycles. The van der Waals surface area contributed by atoms with Gasteiger partial charge in [-0.25, -0.2) is 0 Å². The van der Waals surface area contributed by atoms with Gasteiger partial charge in [0.25, 0.3) is 0 Å². The number of rotatable bonds is 2. The van der Waals surface area contributed by atoms with E-state index in [1.54, 1.807) is 0 Å². The Morgan fingerprint density at radius 1 is 1.39 bits per heavy atom. The highest BCUT2D eigenvalue weighted by molar-refractivity contribution is 5.98. The first-order chi connectivity index (χ1) is 8.52. The normalized spacial score (nSPS) is 20.7. The molecule has 0 fully saturated rings. The molecule has 2 atom stereocenters. The fourth-order valence-electron chi connectivity index (χ4n) is 2.47. The molecule has 1 unspecified atom stereocenters. The second-order valence-electron chi connectivity index (χ2n) is 5.49. The first-order valence-corrected chi connectivity index (χ1v) is 6.69. The van der Waals surface area contributed by atoms with E-state index in [4.69, 9.17) is 5.73 Å². The third-order valence-corrected chi connectivity index (χ3v) is 3.76. The van der Waals surface area contributed by atoms with Crippen LogP contribution in [0, 0.1) is 5.92 Å². The van der Waals surface area contributed by atoms with Gasteiger partial charge in [-0.2, -0.15) is 0 Å². The molecule has 0 aromatic heterocycles. The number of carbonyl (C=O) groups excluding carboxylic acids is 1. The number of fused-ring (bicyclic) bond motifs is 1. The van der Waals surface area contributed by atoms with Crippen molar-refractivity contribution in [2.45, 2.75) is 45.7 Å². The fourth-order valence-corrected chi connectivity index (χ4v) is 2.47. The van der Waals surface area contributed by atoms with Crippen molar-refractivity contribution < 1.29 is 4.79 Å². The first-order valence-electron chi connectivity index (χ1n) is 6.69. The van der Waals surface area contributed by atoms with Crippen molar-refractivity contribution >= 4 is 11.6 Å². The summed E-state index contributed by atoms with van der Waals surface area (Å²) in [5.41, 5.74) is 8.31. The highest BCUT2D eigenvalue weighted by Gasteiger charge is 2.31. The molecule has 1 aliphatic heterocycles. The van der Waals surface area contributed by atoms with Crippen LogP contribution >= 0.6 is 0 Å². The summed E-state index contributed by atoms with van der Waals surface area (Å²) in [7, 11) is 0. The lowest BCUT2D eigenvalue weighted by Gasteiger charge is -2.37. The van der Waals surface area contributed by atoms with Crippen LogP contribution in [0.3, 0.4) is 0 Å². The summed E-state index contributed by atoms with van der Waals surface area (Å²) in [6, 6.07) is 7.95. The van der Waals surface area contributed by atoms with E-state index in [0.717, 1.165) is 18.5 Å². The Bertz CT molecular complexity index is 442. The molecule has 3 heteroatoms. The van der Waals surface area contributed by atoms with E-state index in [9.17, 15) is 4.79 Å². The zero-order valence-electron chi connectivity index (χ0n) is 11.4. The Morgan fingerprint density at radius 2 is 2.06 bits per heavy atom. The molecule has 98 valence electrons. The number of carbonyl (C=O) groups is 1. The second-order valence-corrected chi connectivity index (χ2v) is 5.49. The number of nitrogens with zero attached hydrogens (tertiary/aromatic N) is 1. The standard InChI is InChI=1S/C15H22N2O/c1-10(2)14(16)15(18)17-11(3)8-9-12-6-4-5-7-13(12)17/h4-7,10-11,14H,8-9,16H2,1-3H3/t11?,14-/m0/s1. The van der Waals surface area contributed by atoms with E-state index < -0.39 is 6.04 Å². The Kier molecular flexibility index (Phi) is 3.71. The molecule has 0 saturated carbocycles. The van der Waals surface area contributed by atoms with Crippen LogP contribution in [0.4, 0.5) is 5.69 Å². The average Bonchev–Trinajstić information content (AvgIpc) is 2.37. The van der Waals surface area contributed by atoms with Crippen molar-refractivity contribution in [1.82, 2.24) is 0 Å². The van der Waals surface area contributed by atoms with Crippen molar-refractivity contribution in [3.63, 3.8) is 0 Å². The van der Waals surface area contributed by atoms with Crippen molar-refractivity contribution in [3.8, 4) is 0 Å². The van der Waals surface area contributed by atoms with E-state index >= 15 is 0 Å². The van der Waals surface area contributed by atoms with Gasteiger partial charge in [0.05, 0.1) is 6.04 Å². The lowest BCUT2D eigenvalue weighted by Crippen LogP contribution is -2.51. The fraction of sp³-hybridized carbons (Fsp3) is 0.533. The van der Waals surface area contributed by atoms with Gasteiger partial charge in [0.2, 0.25) is 5.91 Å². The quantitative estimate of drug-likeness (QED) is 0.870. The molecule has 18 heavy (non-hydrogen) atoms. The Hall–Kier alpha value is -1.35. The molecular weight excluding hydrogens is 224 g/mol. The molecule has 1 aliphatic rings. The van der Waals surface area contributed by atoms with E-state index in [0.29, 0.717) is 0 Å². The summed E-state index contributed by atoms with van der Waals surface area (Å²) in [5.74, 6) is 0.212. The van der Waals surface area contributed by atoms with E-state index in [1.807, 2.05) is 36.9 Å². The maximum Gasteiger partial charge on any atom is 0.244 e. The maximum atomic E-state index is 12.5. The van der Waals surface area contributed by atoms with Crippen LogP contribution in [0.5, 0.6) is 0 Å². The topological polar surface area (TPSA) is 46.3 Å². The minimum Gasteiger partial charge on any atom is -0.320 e. The zero-order valence-corrected chi connectivity index (χ0v) is 11.4. The molecule has 1 aromatic carbocycles. The van der Waals surface area contributed by atoms with Crippen LogP contribution in [0.1, 0.15) is 32.8 Å². The highest BCUT2D eigenvalue weighted by Crippen LogP contribution is 2.31. The van der Waals surface area contributed by atoms with Crippen molar-refractivity contribution in [3.05, 3.63) is 29.8 Å². The number of amides is 1. The molecule has 1 amide bonds. The molecule has 0 aliphatic carbocycles. The summed E-state index contributed by atoms with van der Waals surface area (Å²) >= 11 is 0. The zero-order chi connectivity index (χ0) is 13.3. The monoisotopic (exact) mass is 246 g/mol. The molecule has 2 N–H and O–H groups in total. The van der Waals surface area contributed by atoms with E-state index in [-0.39, 0.29) is 17.9 Å². The van der Waals surface area contributed by atoms with Gasteiger partial charge in [0, 0.05) is 11.7 Å². The third-order valence-electron chi connectivity index (χ3n) is 3.76. The number of aryl methyl sites for hydroxylation is 1. The van der Waals surface area contributed by atoms with Crippen LogP contribution < -0.4 is 10.6 Å². The number of nitrogens with two attached hydrogens (primary N) is 1. The van der Waals surface area contributed by atoms with Crippen molar-refractivity contribution in [1.29, 1.82) is 0 Å². The van der Waals surface area contributed by atoms with Crippen LogP contribution in [0.15, 0.2) is 24.3 Å². The van der Waals surface area contributed by atoms with Gasteiger partial charge in [-0.3, -0.25) is 4.79 Å². The Balaban J connectivity index is 2.35. The predicted molar refractivity (Wildman–Crippen MR) is 74.5 cm³/mol. The van der Waals surface area contributed by atoms with Crippen LogP contribution in [0.25, 0.3) is 0 Å². The van der Waals surface area contributed by atoms with Gasteiger partial charge >= 0.3 is 0 Å². The molecule has 1 heterocycles. The summed E-state index contributed by atoms with van der Waals surface area (Å²) in [6.07, 6.45) is 2.05. The van der Waals surface area contributed by atoms with Gasteiger partial charge < -0.3 is 10.6 Å². The third kappa shape index (κ3) is 2.27. The molecule has 0 bridgehead atoms. The van der Waals surface area contributed by atoms with E-state index in [1.165, 1.54) is 5.56 Å². The number of hydrogen-bond acceptors (Lipinski definition) is 2. The predicted octanol–water partition coefficient (Wildman–Crippen LogP) is 2.34. The van der Waals surface area contributed by atoms with Crippen LogP contribution in [-0.2, 0) is 11.2 Å². The second kappa shape index (κ2) is 5.11. The molecular formula is C15H22N2O. The van der Waals surface area contributed by atoms with Gasteiger partial charge in [-0.05, 0) is 37.3 Å². The Labute approximate surface area is 109 Å². The minimum atomic E-state index is -0.418. The summed E-state index contributed by atoms with van der Waals surface area (Å²) < 4.78 is 0. The van der Waals surface area contributed by atoms with Gasteiger partial charge in [0.1, 0.15) is 0 Å². The van der Waals surface area contributed by atoms with Crippen LogP contribution in [-0.4, -0.2) is 18.0 Å². The number of para-hydroxylation sites is 1. The molecule has 3 nitrogen and oxygen atoms in total. The Morgan fingerprint density at radius 3 is 2.72 bits per heavy atom. The number of anilines is 1. The summed E-state index contributed by atoms with van der Waals surface area (Å²) in [6.45, 7) is 6.08. The minimum absolute atomic E-state index is 0.0460. The lowest BCUT2D eigenvalue weighted by atomic mass is 9.94. The smallest absolute Gasteiger partial charge is 0.244 e. The first kappa shape index (κ1) is 13.1. The maximum absolute atomic E-state index is 12.5. The number of benzene rings is 1. The van der Waals surface area contributed by atoms with Crippen LogP contribution in [0.2, 0.25) is 0 Å². The van der Waals surface area contributed by atoms with Gasteiger partial charge in [-0.15, -0.1) is 0 Å². The molecule has 1 aromatic rings. The average molecular weight is 246 g/mol. The van der Waals surface area contributed by atoms with Gasteiger partial charge in [0.15, 0.2) is 0 Å². The summed E-state index contributed by atoms with van der Waals surface area (Å²) in [5, 5.41) is 0.